The molecule has 1 aliphatic rings. The molecule has 0 aromatic carbocycles. The van der Waals surface area contributed by atoms with Gasteiger partial charge in [0.15, 0.2) is 0 Å². The van der Waals surface area contributed by atoms with Crippen molar-refractivity contribution >= 4 is 18.1 Å². The lowest BCUT2D eigenvalue weighted by Crippen LogP contribution is -2.58. The zero-order valence-corrected chi connectivity index (χ0v) is 9.53. The first-order chi connectivity index (χ1) is 5.35. The van der Waals surface area contributed by atoms with E-state index in [1.54, 1.807) is 0 Å². The third kappa shape index (κ3) is 3.53. The molecule has 0 aromatic rings. The quantitative estimate of drug-likeness (QED) is 0.472. The Bertz CT molecular complexity index is 194. The smallest absolute Gasteiger partial charge is 0.0607 e. The Kier molecular flexibility index (Phi) is 3.76. The van der Waals surface area contributed by atoms with Crippen LogP contribution >= 0.6 is 12.4 Å². The Morgan fingerprint density at radius 2 is 1.54 bits per heavy atom. The van der Waals surface area contributed by atoms with Gasteiger partial charge >= 0.3 is 0 Å². The lowest BCUT2D eigenvalue weighted by Gasteiger charge is -2.42. The van der Waals surface area contributed by atoms with Gasteiger partial charge in [-0.2, -0.15) is 0 Å². The van der Waals surface area contributed by atoms with Crippen molar-refractivity contribution in [3.05, 3.63) is 0 Å². The maximum atomic E-state index is 8.72. The minimum atomic E-state index is 0. The summed E-state index contributed by atoms with van der Waals surface area (Å²) in [6, 6.07) is 0. The Labute approximate surface area is 86.0 Å². The highest BCUT2D eigenvalue weighted by molar-refractivity contribution is 5.86. The van der Waals surface area contributed by atoms with E-state index in [2.05, 4.69) is 38.2 Å². The third-order valence-electron chi connectivity index (χ3n) is 2.11. The zero-order chi connectivity index (χ0) is 9.41. The number of halogens is 1. The molecular weight excluding hydrogens is 188 g/mol. The first-order valence-electron chi connectivity index (χ1n) is 4.34. The van der Waals surface area contributed by atoms with E-state index >= 15 is 0 Å². The van der Waals surface area contributed by atoms with Crippen molar-refractivity contribution < 1.29 is 5.21 Å². The predicted molar refractivity (Wildman–Crippen MR) is 57.0 cm³/mol. The minimum absolute atomic E-state index is 0. The van der Waals surface area contributed by atoms with Gasteiger partial charge in [-0.05, 0) is 27.7 Å². The van der Waals surface area contributed by atoms with Gasteiger partial charge in [0.2, 0.25) is 0 Å². The molecule has 0 unspecified atom stereocenters. The first kappa shape index (κ1) is 12.7. The predicted octanol–water partition coefficient (Wildman–Crippen LogP) is 2.18. The Morgan fingerprint density at radius 3 is 1.85 bits per heavy atom. The first-order valence-corrected chi connectivity index (χ1v) is 4.34. The van der Waals surface area contributed by atoms with Gasteiger partial charge in [0.1, 0.15) is 0 Å². The second kappa shape index (κ2) is 3.84. The van der Waals surface area contributed by atoms with E-state index in [-0.39, 0.29) is 23.5 Å². The van der Waals surface area contributed by atoms with Gasteiger partial charge < -0.3 is 10.5 Å². The SMILES string of the molecule is CC1(C)CC(=NO)CC(C)(C)N1.Cl. The van der Waals surface area contributed by atoms with Gasteiger partial charge in [-0.15, -0.1) is 12.4 Å². The van der Waals surface area contributed by atoms with Gasteiger partial charge in [0.05, 0.1) is 5.71 Å². The molecule has 0 amide bonds. The van der Waals surface area contributed by atoms with Gasteiger partial charge in [-0.25, -0.2) is 0 Å². The molecule has 0 atom stereocenters. The summed E-state index contributed by atoms with van der Waals surface area (Å²) < 4.78 is 0. The molecule has 0 spiro atoms. The highest BCUT2D eigenvalue weighted by atomic mass is 35.5. The van der Waals surface area contributed by atoms with Crippen molar-refractivity contribution in [3.63, 3.8) is 0 Å². The minimum Gasteiger partial charge on any atom is -0.411 e. The van der Waals surface area contributed by atoms with E-state index in [4.69, 9.17) is 5.21 Å². The molecule has 1 saturated heterocycles. The molecule has 0 radical (unpaired) electrons. The summed E-state index contributed by atoms with van der Waals surface area (Å²) in [7, 11) is 0. The van der Waals surface area contributed by atoms with Crippen LogP contribution in [0.2, 0.25) is 0 Å². The normalized spacial score (nSPS) is 24.8. The number of piperidine rings is 1. The molecule has 3 nitrogen and oxygen atoms in total. The number of hydrogen-bond acceptors (Lipinski definition) is 3. The van der Waals surface area contributed by atoms with E-state index in [0.29, 0.717) is 0 Å². The van der Waals surface area contributed by atoms with Gasteiger partial charge in [-0.3, -0.25) is 0 Å². The molecule has 78 valence electrons. The van der Waals surface area contributed by atoms with E-state index in [1.165, 1.54) is 0 Å². The molecule has 1 rings (SSSR count). The Morgan fingerprint density at radius 1 is 1.15 bits per heavy atom. The molecule has 13 heavy (non-hydrogen) atoms. The standard InChI is InChI=1S/C9H18N2O.ClH/c1-8(2)5-7(10-12)6-9(3,4)11-8;/h11-12H,5-6H2,1-4H3;1H. The second-order valence-electron chi connectivity index (χ2n) is 4.91. The third-order valence-corrected chi connectivity index (χ3v) is 2.11. The fraction of sp³-hybridized carbons (Fsp3) is 0.889. The largest absolute Gasteiger partial charge is 0.411 e. The fourth-order valence-electron chi connectivity index (χ4n) is 2.16. The molecule has 0 aromatic heterocycles. The number of oxime groups is 1. The van der Waals surface area contributed by atoms with Crippen LogP contribution in [0.25, 0.3) is 0 Å². The lowest BCUT2D eigenvalue weighted by molar-refractivity contribution is 0.239. The van der Waals surface area contributed by atoms with Gasteiger partial charge in [-0.1, -0.05) is 5.16 Å². The van der Waals surface area contributed by atoms with Crippen molar-refractivity contribution in [2.24, 2.45) is 5.16 Å². The van der Waals surface area contributed by atoms with Crippen LogP contribution in [0.4, 0.5) is 0 Å². The van der Waals surface area contributed by atoms with Crippen LogP contribution in [0, 0.1) is 0 Å². The molecule has 4 heteroatoms. The van der Waals surface area contributed by atoms with Crippen LogP contribution in [0.5, 0.6) is 0 Å². The van der Waals surface area contributed by atoms with Crippen LogP contribution in [0.15, 0.2) is 5.16 Å². The number of nitrogens with zero attached hydrogens (tertiary/aromatic N) is 1. The summed E-state index contributed by atoms with van der Waals surface area (Å²) in [5, 5.41) is 15.5. The van der Waals surface area contributed by atoms with Crippen molar-refractivity contribution in [2.75, 3.05) is 0 Å². The summed E-state index contributed by atoms with van der Waals surface area (Å²) >= 11 is 0. The Hall–Kier alpha value is -0.280. The summed E-state index contributed by atoms with van der Waals surface area (Å²) in [6.07, 6.45) is 1.65. The molecule has 1 heterocycles. The van der Waals surface area contributed by atoms with E-state index in [9.17, 15) is 0 Å². The van der Waals surface area contributed by atoms with Crippen molar-refractivity contribution in [1.29, 1.82) is 0 Å². The van der Waals surface area contributed by atoms with E-state index in [1.807, 2.05) is 0 Å². The monoisotopic (exact) mass is 206 g/mol. The average molecular weight is 207 g/mol. The van der Waals surface area contributed by atoms with Crippen LogP contribution in [-0.2, 0) is 0 Å². The second-order valence-corrected chi connectivity index (χ2v) is 4.91. The van der Waals surface area contributed by atoms with Crippen molar-refractivity contribution in [2.45, 2.75) is 51.6 Å². The number of nitrogens with one attached hydrogen (secondary N) is 1. The van der Waals surface area contributed by atoms with Crippen LogP contribution in [-0.4, -0.2) is 22.0 Å². The Balaban J connectivity index is 0.00000144. The summed E-state index contributed by atoms with van der Waals surface area (Å²) in [5.74, 6) is 0. The fourth-order valence-corrected chi connectivity index (χ4v) is 2.16. The molecular formula is C9H19ClN2O. The maximum absolute atomic E-state index is 8.72. The van der Waals surface area contributed by atoms with Gasteiger partial charge in [0, 0.05) is 23.9 Å². The summed E-state index contributed by atoms with van der Waals surface area (Å²) in [6.45, 7) is 8.50. The number of hydrogen-bond donors (Lipinski definition) is 2. The van der Waals surface area contributed by atoms with Crippen LogP contribution in [0.3, 0.4) is 0 Å². The highest BCUT2D eigenvalue weighted by Gasteiger charge is 2.35. The zero-order valence-electron chi connectivity index (χ0n) is 8.72. The topological polar surface area (TPSA) is 44.6 Å². The molecule has 1 aliphatic heterocycles. The molecule has 0 saturated carbocycles. The molecule has 2 N–H and O–H groups in total. The van der Waals surface area contributed by atoms with E-state index in [0.717, 1.165) is 18.6 Å². The lowest BCUT2D eigenvalue weighted by atomic mass is 9.81. The van der Waals surface area contributed by atoms with E-state index < -0.39 is 0 Å². The van der Waals surface area contributed by atoms with Crippen molar-refractivity contribution in [3.8, 4) is 0 Å². The molecule has 0 bridgehead atoms. The molecule has 1 fully saturated rings. The highest BCUT2D eigenvalue weighted by Crippen LogP contribution is 2.26. The van der Waals surface area contributed by atoms with Crippen LogP contribution < -0.4 is 5.32 Å². The number of rotatable bonds is 0. The van der Waals surface area contributed by atoms with Gasteiger partial charge in [0.25, 0.3) is 0 Å². The summed E-state index contributed by atoms with van der Waals surface area (Å²) in [4.78, 5) is 0. The maximum Gasteiger partial charge on any atom is 0.0607 e. The summed E-state index contributed by atoms with van der Waals surface area (Å²) in [5.41, 5.74) is 0.982. The van der Waals surface area contributed by atoms with Crippen molar-refractivity contribution in [1.82, 2.24) is 5.32 Å². The molecule has 0 aliphatic carbocycles. The van der Waals surface area contributed by atoms with Crippen LogP contribution in [0.1, 0.15) is 40.5 Å². The average Bonchev–Trinajstić information content (AvgIpc) is 1.80.